The molecule has 0 aliphatic heterocycles. The molecule has 5 nitrogen and oxygen atoms in total. The third kappa shape index (κ3) is 1.92. The Labute approximate surface area is 94.6 Å². The van der Waals surface area contributed by atoms with Crippen LogP contribution in [0.5, 0.6) is 0 Å². The van der Waals surface area contributed by atoms with Gasteiger partial charge in [-0.15, -0.1) is 0 Å². The molecular weight excluding hydrogens is 230 g/mol. The molecule has 0 saturated heterocycles. The molecule has 0 unspecified atom stereocenters. The van der Waals surface area contributed by atoms with E-state index in [2.05, 4.69) is 0 Å². The predicted octanol–water partition coefficient (Wildman–Crippen LogP) is 1.56. The van der Waals surface area contributed by atoms with E-state index in [-0.39, 0.29) is 17.0 Å². The lowest BCUT2D eigenvalue weighted by atomic mass is 10.3. The Kier molecular flexibility index (Phi) is 2.66. The van der Waals surface area contributed by atoms with Gasteiger partial charge in [0.1, 0.15) is 12.0 Å². The molecule has 0 bridgehead atoms. The highest BCUT2D eigenvalue weighted by molar-refractivity contribution is 7.07. The lowest BCUT2D eigenvalue weighted by Gasteiger charge is -1.99. The van der Waals surface area contributed by atoms with Crippen molar-refractivity contribution in [1.82, 2.24) is 4.57 Å². The van der Waals surface area contributed by atoms with Crippen molar-refractivity contribution in [3.05, 3.63) is 44.4 Å². The number of nitrogens with zero attached hydrogens (tertiary/aromatic N) is 1. The van der Waals surface area contributed by atoms with Gasteiger partial charge in [0.25, 0.3) is 0 Å². The van der Waals surface area contributed by atoms with Gasteiger partial charge in [-0.1, -0.05) is 11.3 Å². The molecule has 0 amide bonds. The first kappa shape index (κ1) is 10.7. The van der Waals surface area contributed by atoms with Crippen LogP contribution in [0.3, 0.4) is 0 Å². The molecule has 0 aliphatic rings. The van der Waals surface area contributed by atoms with Crippen molar-refractivity contribution < 1.29 is 14.3 Å². The summed E-state index contributed by atoms with van der Waals surface area (Å²) in [5, 5.41) is 10.5. The van der Waals surface area contributed by atoms with Gasteiger partial charge in [-0.05, 0) is 13.0 Å². The molecule has 2 rings (SSSR count). The minimum Gasteiger partial charge on any atom is -0.478 e. The van der Waals surface area contributed by atoms with Crippen molar-refractivity contribution in [3.63, 3.8) is 0 Å². The molecule has 1 N–H and O–H groups in total. The molecule has 6 heteroatoms. The van der Waals surface area contributed by atoms with Crippen LogP contribution >= 0.6 is 11.3 Å². The van der Waals surface area contributed by atoms with Gasteiger partial charge in [0.15, 0.2) is 0 Å². The van der Waals surface area contributed by atoms with Crippen LogP contribution in [0.4, 0.5) is 0 Å². The maximum Gasteiger partial charge on any atom is 0.338 e. The van der Waals surface area contributed by atoms with Gasteiger partial charge >= 0.3 is 10.8 Å². The van der Waals surface area contributed by atoms with Crippen LogP contribution in [0.25, 0.3) is 0 Å². The van der Waals surface area contributed by atoms with Crippen molar-refractivity contribution in [2.75, 3.05) is 0 Å². The summed E-state index contributed by atoms with van der Waals surface area (Å²) in [6.07, 6.45) is 1.17. The van der Waals surface area contributed by atoms with Gasteiger partial charge in [0, 0.05) is 11.1 Å². The van der Waals surface area contributed by atoms with Gasteiger partial charge in [0.2, 0.25) is 0 Å². The molecule has 0 spiro atoms. The number of carboxylic acid groups (broad SMARTS) is 1. The maximum atomic E-state index is 11.4. The monoisotopic (exact) mass is 239 g/mol. The number of furan rings is 1. The van der Waals surface area contributed by atoms with Crippen LogP contribution in [0.2, 0.25) is 0 Å². The van der Waals surface area contributed by atoms with Crippen LogP contribution in [0.1, 0.15) is 21.8 Å². The molecule has 0 radical (unpaired) electrons. The average molecular weight is 239 g/mol. The summed E-state index contributed by atoms with van der Waals surface area (Å²) >= 11 is 1.11. The quantitative estimate of drug-likeness (QED) is 0.882. The first-order valence-corrected chi connectivity index (χ1v) is 5.41. The first-order valence-electron chi connectivity index (χ1n) is 4.53. The summed E-state index contributed by atoms with van der Waals surface area (Å²) in [5.74, 6) is -0.578. The van der Waals surface area contributed by atoms with Crippen LogP contribution in [-0.4, -0.2) is 15.6 Å². The smallest absolute Gasteiger partial charge is 0.338 e. The summed E-state index contributed by atoms with van der Waals surface area (Å²) in [4.78, 5) is 22.0. The lowest BCUT2D eigenvalue weighted by Crippen LogP contribution is -2.14. The number of aryl methyl sites for hydroxylation is 1. The van der Waals surface area contributed by atoms with Crippen LogP contribution in [0.15, 0.2) is 26.9 Å². The minimum atomic E-state index is -1.04. The second-order valence-electron chi connectivity index (χ2n) is 3.34. The van der Waals surface area contributed by atoms with Gasteiger partial charge in [-0.25, -0.2) is 4.79 Å². The van der Waals surface area contributed by atoms with Gasteiger partial charge in [-0.2, -0.15) is 0 Å². The molecule has 0 fully saturated rings. The van der Waals surface area contributed by atoms with E-state index in [1.165, 1.54) is 16.9 Å². The molecule has 2 aromatic rings. The number of thiazole rings is 1. The van der Waals surface area contributed by atoms with Crippen molar-refractivity contribution in [2.24, 2.45) is 0 Å². The van der Waals surface area contributed by atoms with E-state index in [0.717, 1.165) is 17.0 Å². The molecule has 0 aromatic carbocycles. The second-order valence-corrected chi connectivity index (χ2v) is 4.16. The van der Waals surface area contributed by atoms with E-state index >= 15 is 0 Å². The third-order valence-corrected chi connectivity index (χ3v) is 3.07. The molecule has 2 aromatic heterocycles. The zero-order valence-corrected chi connectivity index (χ0v) is 9.28. The zero-order chi connectivity index (χ0) is 11.7. The SMILES string of the molecule is Cc1csc(=O)n1Cc1cc(C(=O)O)co1. The Balaban J connectivity index is 2.27. The van der Waals surface area contributed by atoms with Gasteiger partial charge in [-0.3, -0.25) is 9.36 Å². The number of rotatable bonds is 3. The number of aromatic carboxylic acids is 1. The first-order chi connectivity index (χ1) is 7.58. The van der Waals surface area contributed by atoms with E-state index in [1.807, 2.05) is 6.92 Å². The van der Waals surface area contributed by atoms with E-state index in [1.54, 1.807) is 5.38 Å². The van der Waals surface area contributed by atoms with Gasteiger partial charge < -0.3 is 9.52 Å². The summed E-state index contributed by atoms with van der Waals surface area (Å²) < 4.78 is 6.61. The summed E-state index contributed by atoms with van der Waals surface area (Å²) in [7, 11) is 0. The zero-order valence-electron chi connectivity index (χ0n) is 8.47. The van der Waals surface area contributed by atoms with E-state index < -0.39 is 5.97 Å². The molecule has 0 atom stereocenters. The number of hydrogen-bond acceptors (Lipinski definition) is 4. The Morgan fingerprint density at radius 1 is 1.62 bits per heavy atom. The highest BCUT2D eigenvalue weighted by Gasteiger charge is 2.10. The second kappa shape index (κ2) is 3.97. The number of hydrogen-bond donors (Lipinski definition) is 1. The van der Waals surface area contributed by atoms with Crippen molar-refractivity contribution in [3.8, 4) is 0 Å². The minimum absolute atomic E-state index is 0.0780. The predicted molar refractivity (Wildman–Crippen MR) is 58.1 cm³/mol. The van der Waals surface area contributed by atoms with E-state index in [0.29, 0.717) is 5.76 Å². The molecular formula is C10H9NO4S. The van der Waals surface area contributed by atoms with Crippen LogP contribution < -0.4 is 4.87 Å². The topological polar surface area (TPSA) is 72.4 Å². The lowest BCUT2D eigenvalue weighted by molar-refractivity contribution is 0.0696. The van der Waals surface area contributed by atoms with Crippen molar-refractivity contribution in [1.29, 1.82) is 0 Å². The summed E-state index contributed by atoms with van der Waals surface area (Å²) in [5.41, 5.74) is 0.930. The maximum absolute atomic E-state index is 11.4. The Morgan fingerprint density at radius 3 is 2.88 bits per heavy atom. The van der Waals surface area contributed by atoms with Gasteiger partial charge in [0.05, 0.1) is 12.1 Å². The fraction of sp³-hybridized carbons (Fsp3) is 0.200. The largest absolute Gasteiger partial charge is 0.478 e. The van der Waals surface area contributed by atoms with Crippen molar-refractivity contribution >= 4 is 17.3 Å². The third-order valence-electron chi connectivity index (χ3n) is 2.19. The molecule has 0 saturated carbocycles. The van der Waals surface area contributed by atoms with E-state index in [4.69, 9.17) is 9.52 Å². The fourth-order valence-electron chi connectivity index (χ4n) is 1.33. The summed E-state index contributed by atoms with van der Waals surface area (Å²) in [6, 6.07) is 1.42. The summed E-state index contributed by atoms with van der Waals surface area (Å²) in [6.45, 7) is 2.08. The highest BCUT2D eigenvalue weighted by Crippen LogP contribution is 2.10. The molecule has 0 aliphatic carbocycles. The van der Waals surface area contributed by atoms with Crippen molar-refractivity contribution in [2.45, 2.75) is 13.5 Å². The normalized spacial score (nSPS) is 10.6. The van der Waals surface area contributed by atoms with E-state index in [9.17, 15) is 9.59 Å². The highest BCUT2D eigenvalue weighted by atomic mass is 32.1. The van der Waals surface area contributed by atoms with Crippen LogP contribution in [0, 0.1) is 6.92 Å². The Hall–Kier alpha value is -1.82. The Bertz CT molecular complexity index is 578. The molecule has 84 valence electrons. The Morgan fingerprint density at radius 2 is 2.38 bits per heavy atom. The number of carbonyl (C=O) groups is 1. The molecule has 16 heavy (non-hydrogen) atoms. The number of carboxylic acids is 1. The standard InChI is InChI=1S/C10H9NO4S/c1-6-5-16-10(14)11(6)3-8-2-7(4-15-8)9(12)13/h2,4-5H,3H2,1H3,(H,12,13). The molecule has 2 heterocycles. The number of aromatic nitrogens is 1. The van der Waals surface area contributed by atoms with Crippen LogP contribution in [-0.2, 0) is 6.54 Å². The fourth-order valence-corrected chi connectivity index (χ4v) is 2.06. The average Bonchev–Trinajstić information content (AvgIpc) is 2.80.